The number of amides is 1. The SMILES string of the molecule is COc1ccc(N(C)CCC(=O)Nc2cc(S(=O)(=O)N3CCCC3)ccc2Cl)cc1OC. The van der Waals surface area contributed by atoms with Gasteiger partial charge in [-0.1, -0.05) is 11.6 Å². The average molecular weight is 482 g/mol. The monoisotopic (exact) mass is 481 g/mol. The van der Waals surface area contributed by atoms with Gasteiger partial charge in [0.25, 0.3) is 0 Å². The van der Waals surface area contributed by atoms with Crippen LogP contribution in [0.5, 0.6) is 11.5 Å². The van der Waals surface area contributed by atoms with Gasteiger partial charge in [0.1, 0.15) is 0 Å². The summed E-state index contributed by atoms with van der Waals surface area (Å²) in [6, 6.07) is 9.90. The lowest BCUT2D eigenvalue weighted by Gasteiger charge is -2.21. The molecule has 0 aromatic heterocycles. The summed E-state index contributed by atoms with van der Waals surface area (Å²) in [5, 5.41) is 3.02. The van der Waals surface area contributed by atoms with Gasteiger partial charge in [0.05, 0.1) is 29.8 Å². The van der Waals surface area contributed by atoms with Crippen molar-refractivity contribution in [1.82, 2.24) is 4.31 Å². The highest BCUT2D eigenvalue weighted by molar-refractivity contribution is 7.89. The summed E-state index contributed by atoms with van der Waals surface area (Å²) >= 11 is 6.21. The molecule has 174 valence electrons. The quantitative estimate of drug-likeness (QED) is 0.588. The van der Waals surface area contributed by atoms with E-state index >= 15 is 0 Å². The molecular formula is C22H28ClN3O5S. The van der Waals surface area contributed by atoms with Gasteiger partial charge in [0.2, 0.25) is 15.9 Å². The summed E-state index contributed by atoms with van der Waals surface area (Å²) in [6.07, 6.45) is 1.89. The van der Waals surface area contributed by atoms with Gasteiger partial charge in [-0.15, -0.1) is 0 Å². The Morgan fingerprint density at radius 3 is 2.44 bits per heavy atom. The second-order valence-corrected chi connectivity index (χ2v) is 9.86. The first-order chi connectivity index (χ1) is 15.3. The topological polar surface area (TPSA) is 88.2 Å². The number of benzene rings is 2. The molecule has 2 aromatic carbocycles. The van der Waals surface area contributed by atoms with E-state index in [1.807, 2.05) is 24.1 Å². The van der Waals surface area contributed by atoms with Gasteiger partial charge in [-0.3, -0.25) is 4.79 Å². The zero-order valence-electron chi connectivity index (χ0n) is 18.4. The molecule has 0 bridgehead atoms. The van der Waals surface area contributed by atoms with Gasteiger partial charge in [-0.05, 0) is 43.2 Å². The number of methoxy groups -OCH3 is 2. The van der Waals surface area contributed by atoms with E-state index in [9.17, 15) is 13.2 Å². The molecule has 10 heteroatoms. The Labute approximate surface area is 194 Å². The first kappa shape index (κ1) is 24.2. The highest BCUT2D eigenvalue weighted by Gasteiger charge is 2.27. The van der Waals surface area contributed by atoms with Crippen molar-refractivity contribution in [2.45, 2.75) is 24.2 Å². The molecule has 1 N–H and O–H groups in total. The molecule has 0 unspecified atom stereocenters. The molecule has 1 amide bonds. The van der Waals surface area contributed by atoms with Gasteiger partial charge >= 0.3 is 0 Å². The fourth-order valence-electron chi connectivity index (χ4n) is 3.51. The number of hydrogen-bond donors (Lipinski definition) is 1. The van der Waals surface area contributed by atoms with Crippen LogP contribution in [-0.4, -0.2) is 59.5 Å². The van der Waals surface area contributed by atoms with Crippen molar-refractivity contribution in [3.8, 4) is 11.5 Å². The molecule has 0 aliphatic carbocycles. The van der Waals surface area contributed by atoms with E-state index in [4.69, 9.17) is 21.1 Å². The molecule has 8 nitrogen and oxygen atoms in total. The van der Waals surface area contributed by atoms with Crippen LogP contribution in [-0.2, 0) is 14.8 Å². The molecule has 0 saturated carbocycles. The Morgan fingerprint density at radius 1 is 1.09 bits per heavy atom. The first-order valence-electron chi connectivity index (χ1n) is 10.3. The maximum atomic E-state index is 12.8. The number of nitrogens with one attached hydrogen (secondary N) is 1. The lowest BCUT2D eigenvalue weighted by Crippen LogP contribution is -2.28. The predicted molar refractivity (Wildman–Crippen MR) is 126 cm³/mol. The van der Waals surface area contributed by atoms with Gasteiger partial charge in [-0.25, -0.2) is 8.42 Å². The Bertz CT molecular complexity index is 1070. The zero-order valence-corrected chi connectivity index (χ0v) is 20.0. The molecule has 1 fully saturated rings. The van der Waals surface area contributed by atoms with E-state index in [0.717, 1.165) is 18.5 Å². The number of anilines is 2. The van der Waals surface area contributed by atoms with Gasteiger partial charge in [0.15, 0.2) is 11.5 Å². The maximum Gasteiger partial charge on any atom is 0.243 e. The number of hydrogen-bond acceptors (Lipinski definition) is 6. The first-order valence-corrected chi connectivity index (χ1v) is 12.1. The summed E-state index contributed by atoms with van der Waals surface area (Å²) in [7, 11) is 1.41. The Kier molecular flexibility index (Phi) is 7.86. The number of carbonyl (C=O) groups excluding carboxylic acids is 1. The zero-order chi connectivity index (χ0) is 23.3. The van der Waals surface area contributed by atoms with E-state index in [1.165, 1.54) is 22.5 Å². The molecule has 1 aliphatic rings. The summed E-state index contributed by atoms with van der Waals surface area (Å²) in [5.74, 6) is 0.958. The number of ether oxygens (including phenoxy) is 2. The van der Waals surface area contributed by atoms with E-state index in [0.29, 0.717) is 31.1 Å². The van der Waals surface area contributed by atoms with Gasteiger partial charge in [0, 0.05) is 44.9 Å². The number of sulfonamides is 1. The molecule has 3 rings (SSSR count). The Balaban J connectivity index is 1.65. The Morgan fingerprint density at radius 2 is 1.78 bits per heavy atom. The molecule has 0 atom stereocenters. The average Bonchev–Trinajstić information content (AvgIpc) is 3.34. The number of carbonyl (C=O) groups is 1. The van der Waals surface area contributed by atoms with E-state index < -0.39 is 10.0 Å². The lowest BCUT2D eigenvalue weighted by molar-refractivity contribution is -0.116. The van der Waals surface area contributed by atoms with Crippen LogP contribution in [0.3, 0.4) is 0 Å². The van der Waals surface area contributed by atoms with Crippen LogP contribution in [0.25, 0.3) is 0 Å². The minimum atomic E-state index is -3.59. The third-order valence-electron chi connectivity index (χ3n) is 5.40. The van der Waals surface area contributed by atoms with Crippen molar-refractivity contribution in [1.29, 1.82) is 0 Å². The van der Waals surface area contributed by atoms with Crippen LogP contribution >= 0.6 is 11.6 Å². The van der Waals surface area contributed by atoms with Crippen LogP contribution in [0.1, 0.15) is 19.3 Å². The molecule has 1 saturated heterocycles. The minimum absolute atomic E-state index is 0.126. The molecule has 1 heterocycles. The van der Waals surface area contributed by atoms with Crippen LogP contribution in [0.15, 0.2) is 41.3 Å². The van der Waals surface area contributed by atoms with Crippen molar-refractivity contribution in [3.63, 3.8) is 0 Å². The van der Waals surface area contributed by atoms with Crippen LogP contribution in [0, 0.1) is 0 Å². The second kappa shape index (κ2) is 10.4. The van der Waals surface area contributed by atoms with E-state index in [-0.39, 0.29) is 27.9 Å². The van der Waals surface area contributed by atoms with Gasteiger partial charge in [-0.2, -0.15) is 4.31 Å². The largest absolute Gasteiger partial charge is 0.493 e. The molecule has 1 aliphatic heterocycles. The summed E-state index contributed by atoms with van der Waals surface area (Å²) < 4.78 is 37.6. The van der Waals surface area contributed by atoms with Crippen molar-refractivity contribution < 1.29 is 22.7 Å². The van der Waals surface area contributed by atoms with Crippen molar-refractivity contribution in [2.24, 2.45) is 0 Å². The Hall–Kier alpha value is -2.49. The summed E-state index contributed by atoms with van der Waals surface area (Å²) in [6.45, 7) is 1.45. The van der Waals surface area contributed by atoms with Crippen molar-refractivity contribution in [2.75, 3.05) is 51.1 Å². The second-order valence-electron chi connectivity index (χ2n) is 7.51. The highest BCUT2D eigenvalue weighted by atomic mass is 35.5. The molecular weight excluding hydrogens is 454 g/mol. The number of nitrogens with zero attached hydrogens (tertiary/aromatic N) is 2. The fourth-order valence-corrected chi connectivity index (χ4v) is 5.22. The summed E-state index contributed by atoms with van der Waals surface area (Å²) in [5.41, 5.74) is 1.15. The fraction of sp³-hybridized carbons (Fsp3) is 0.409. The smallest absolute Gasteiger partial charge is 0.243 e. The summed E-state index contributed by atoms with van der Waals surface area (Å²) in [4.78, 5) is 14.6. The lowest BCUT2D eigenvalue weighted by atomic mass is 10.2. The number of rotatable bonds is 9. The van der Waals surface area contributed by atoms with E-state index in [2.05, 4.69) is 5.32 Å². The van der Waals surface area contributed by atoms with Crippen LogP contribution in [0.4, 0.5) is 11.4 Å². The maximum absolute atomic E-state index is 12.8. The van der Waals surface area contributed by atoms with Gasteiger partial charge < -0.3 is 19.7 Å². The molecule has 0 spiro atoms. The highest BCUT2D eigenvalue weighted by Crippen LogP contribution is 2.31. The van der Waals surface area contributed by atoms with Crippen molar-refractivity contribution in [3.05, 3.63) is 41.4 Å². The third kappa shape index (κ3) is 5.46. The predicted octanol–water partition coefficient (Wildman–Crippen LogP) is 3.61. The molecule has 0 radical (unpaired) electrons. The minimum Gasteiger partial charge on any atom is -0.493 e. The normalized spacial score (nSPS) is 14.2. The van der Waals surface area contributed by atoms with Crippen LogP contribution < -0.4 is 19.7 Å². The van der Waals surface area contributed by atoms with Crippen LogP contribution in [0.2, 0.25) is 5.02 Å². The third-order valence-corrected chi connectivity index (χ3v) is 7.62. The molecule has 32 heavy (non-hydrogen) atoms. The standard InChI is InChI=1S/C22H28ClN3O5S/c1-25(16-6-9-20(30-2)21(14-16)31-3)13-10-22(27)24-19-15-17(7-8-18(19)23)32(28,29)26-11-4-5-12-26/h6-9,14-15H,4-5,10-13H2,1-3H3,(H,24,27). The van der Waals surface area contributed by atoms with Crippen molar-refractivity contribution >= 4 is 38.9 Å². The van der Waals surface area contributed by atoms with E-state index in [1.54, 1.807) is 20.3 Å². The molecule has 2 aromatic rings. The number of halogens is 1.